The summed E-state index contributed by atoms with van der Waals surface area (Å²) in [6, 6.07) is 11.8. The van der Waals surface area contributed by atoms with Gasteiger partial charge in [0.25, 0.3) is 5.69 Å². The van der Waals surface area contributed by atoms with Gasteiger partial charge < -0.3 is 14.4 Å². The maximum atomic E-state index is 11.9. The Morgan fingerprint density at radius 2 is 1.77 bits per heavy atom. The lowest BCUT2D eigenvalue weighted by Gasteiger charge is -2.29. The number of rotatable bonds is 5. The first kappa shape index (κ1) is 22.6. The first-order valence-corrected chi connectivity index (χ1v) is 10.3. The van der Waals surface area contributed by atoms with E-state index in [2.05, 4.69) is 17.3 Å². The number of nitrogens with zero attached hydrogens (tertiary/aromatic N) is 2. The van der Waals surface area contributed by atoms with Crippen molar-refractivity contribution in [2.24, 2.45) is 0 Å². The van der Waals surface area contributed by atoms with E-state index >= 15 is 0 Å². The molecule has 0 radical (unpaired) electrons. The van der Waals surface area contributed by atoms with Gasteiger partial charge in [-0.05, 0) is 70.5 Å². The minimum Gasteiger partial charge on any atom is -0.490 e. The van der Waals surface area contributed by atoms with Gasteiger partial charge in [0.2, 0.25) is 0 Å². The van der Waals surface area contributed by atoms with Crippen molar-refractivity contribution in [3.05, 3.63) is 52.6 Å². The number of nitro benzene ring substituents is 1. The van der Waals surface area contributed by atoms with Gasteiger partial charge in [-0.2, -0.15) is 0 Å². The molecule has 1 N–H and O–H groups in total. The molecular formula is C23H29N3O5. The lowest BCUT2D eigenvalue weighted by Crippen LogP contribution is -2.35. The molecule has 0 atom stereocenters. The summed E-state index contributed by atoms with van der Waals surface area (Å²) in [7, 11) is 2.07. The number of carbonyl (C=O) groups is 1. The number of benzene rings is 2. The normalized spacial score (nSPS) is 15.4. The van der Waals surface area contributed by atoms with E-state index in [1.54, 1.807) is 57.2 Å². The van der Waals surface area contributed by atoms with Crippen LogP contribution in [0.25, 0.3) is 11.1 Å². The summed E-state index contributed by atoms with van der Waals surface area (Å²) in [5.41, 5.74) is 1.10. The van der Waals surface area contributed by atoms with E-state index in [9.17, 15) is 14.9 Å². The van der Waals surface area contributed by atoms with Crippen LogP contribution in [0.4, 0.5) is 16.2 Å². The molecule has 1 heterocycles. The van der Waals surface area contributed by atoms with Gasteiger partial charge in [0, 0.05) is 18.8 Å². The monoisotopic (exact) mass is 427 g/mol. The smallest absolute Gasteiger partial charge is 0.412 e. The van der Waals surface area contributed by atoms with Crippen LogP contribution >= 0.6 is 0 Å². The average Bonchev–Trinajstić information content (AvgIpc) is 2.69. The number of hydrogen-bond acceptors (Lipinski definition) is 6. The highest BCUT2D eigenvalue weighted by molar-refractivity contribution is 5.85. The lowest BCUT2D eigenvalue weighted by molar-refractivity contribution is -0.384. The van der Waals surface area contributed by atoms with Crippen molar-refractivity contribution in [3.8, 4) is 16.9 Å². The summed E-state index contributed by atoms with van der Waals surface area (Å²) in [5, 5.41) is 14.4. The summed E-state index contributed by atoms with van der Waals surface area (Å²) < 4.78 is 11.2. The Hall–Kier alpha value is -3.13. The minimum atomic E-state index is -0.595. The van der Waals surface area contributed by atoms with E-state index in [4.69, 9.17) is 9.47 Å². The van der Waals surface area contributed by atoms with Crippen LogP contribution < -0.4 is 10.1 Å². The molecule has 166 valence electrons. The van der Waals surface area contributed by atoms with Gasteiger partial charge in [-0.25, -0.2) is 4.79 Å². The van der Waals surface area contributed by atoms with Crippen LogP contribution in [0, 0.1) is 10.1 Å². The highest BCUT2D eigenvalue weighted by Gasteiger charge is 2.21. The predicted molar refractivity (Wildman–Crippen MR) is 120 cm³/mol. The minimum absolute atomic E-state index is 0.0155. The zero-order valence-electron chi connectivity index (χ0n) is 18.4. The molecule has 0 aromatic heterocycles. The molecule has 3 rings (SSSR count). The van der Waals surface area contributed by atoms with E-state index in [0.717, 1.165) is 25.9 Å². The Balaban J connectivity index is 1.74. The molecule has 1 fully saturated rings. The maximum Gasteiger partial charge on any atom is 0.412 e. The standard InChI is InChI=1S/C23H29N3O5/c1-23(2,3)31-22(27)24-17-7-5-16(6-8-17)20-10-9-19(15-21(20)26(28)29)30-18-11-13-25(4)14-12-18/h5-10,15,18H,11-14H2,1-4H3,(H,24,27). The molecule has 1 saturated heterocycles. The zero-order valence-corrected chi connectivity index (χ0v) is 18.4. The number of piperidine rings is 1. The Bertz CT molecular complexity index is 929. The van der Waals surface area contributed by atoms with Gasteiger partial charge in [0.05, 0.1) is 16.6 Å². The zero-order chi connectivity index (χ0) is 22.6. The third kappa shape index (κ3) is 6.42. The van der Waals surface area contributed by atoms with E-state index in [1.165, 1.54) is 6.07 Å². The van der Waals surface area contributed by atoms with Crippen molar-refractivity contribution in [1.29, 1.82) is 0 Å². The first-order valence-electron chi connectivity index (χ1n) is 10.3. The molecule has 1 amide bonds. The number of nitro groups is 1. The molecule has 0 unspecified atom stereocenters. The van der Waals surface area contributed by atoms with Crippen LogP contribution in [0.3, 0.4) is 0 Å². The van der Waals surface area contributed by atoms with Crippen LogP contribution in [0.5, 0.6) is 5.75 Å². The van der Waals surface area contributed by atoms with Crippen molar-refractivity contribution in [3.63, 3.8) is 0 Å². The topological polar surface area (TPSA) is 93.9 Å². The maximum absolute atomic E-state index is 11.9. The molecule has 1 aliphatic heterocycles. The van der Waals surface area contributed by atoms with E-state index in [-0.39, 0.29) is 11.8 Å². The number of amides is 1. The van der Waals surface area contributed by atoms with E-state index < -0.39 is 16.6 Å². The highest BCUT2D eigenvalue weighted by atomic mass is 16.6. The summed E-state index contributed by atoms with van der Waals surface area (Å²) in [5.74, 6) is 0.508. The Labute approximate surface area is 182 Å². The second kappa shape index (κ2) is 9.34. The van der Waals surface area contributed by atoms with Crippen molar-refractivity contribution in [2.75, 3.05) is 25.5 Å². The van der Waals surface area contributed by atoms with Gasteiger partial charge in [-0.3, -0.25) is 15.4 Å². The van der Waals surface area contributed by atoms with Gasteiger partial charge in [0.1, 0.15) is 17.5 Å². The summed E-state index contributed by atoms with van der Waals surface area (Å²) in [6.07, 6.45) is 1.32. The quantitative estimate of drug-likeness (QED) is 0.528. The predicted octanol–water partition coefficient (Wildman–Crippen LogP) is 5.08. The Kier molecular flexibility index (Phi) is 6.80. The van der Waals surface area contributed by atoms with E-state index in [0.29, 0.717) is 22.6 Å². The summed E-state index contributed by atoms with van der Waals surface area (Å²) in [6.45, 7) is 7.27. The fraction of sp³-hybridized carbons (Fsp3) is 0.435. The molecule has 2 aromatic carbocycles. The molecule has 8 heteroatoms. The van der Waals surface area contributed by atoms with Crippen molar-refractivity contribution < 1.29 is 19.2 Å². The van der Waals surface area contributed by atoms with Gasteiger partial charge in [-0.15, -0.1) is 0 Å². The van der Waals surface area contributed by atoms with Crippen LogP contribution in [-0.4, -0.2) is 47.8 Å². The van der Waals surface area contributed by atoms with Crippen LogP contribution in [0.1, 0.15) is 33.6 Å². The molecule has 2 aromatic rings. The van der Waals surface area contributed by atoms with Crippen molar-refractivity contribution in [2.45, 2.75) is 45.3 Å². The van der Waals surface area contributed by atoms with Crippen molar-refractivity contribution in [1.82, 2.24) is 4.90 Å². The van der Waals surface area contributed by atoms with Crippen LogP contribution in [0.2, 0.25) is 0 Å². The molecule has 0 spiro atoms. The highest BCUT2D eigenvalue weighted by Crippen LogP contribution is 2.34. The number of likely N-dealkylation sites (tertiary alicyclic amines) is 1. The van der Waals surface area contributed by atoms with Gasteiger partial charge >= 0.3 is 6.09 Å². The van der Waals surface area contributed by atoms with Gasteiger partial charge in [-0.1, -0.05) is 12.1 Å². The first-order chi connectivity index (χ1) is 14.6. The molecule has 0 aliphatic carbocycles. The summed E-state index contributed by atoms with van der Waals surface area (Å²) >= 11 is 0. The Morgan fingerprint density at radius 1 is 1.13 bits per heavy atom. The third-order valence-electron chi connectivity index (χ3n) is 4.98. The number of ether oxygens (including phenoxy) is 2. The summed E-state index contributed by atoms with van der Waals surface area (Å²) in [4.78, 5) is 25.4. The molecule has 0 saturated carbocycles. The third-order valence-corrected chi connectivity index (χ3v) is 4.98. The number of anilines is 1. The fourth-order valence-corrected chi connectivity index (χ4v) is 3.43. The largest absolute Gasteiger partial charge is 0.490 e. The van der Waals surface area contributed by atoms with Crippen molar-refractivity contribution >= 4 is 17.5 Å². The average molecular weight is 428 g/mol. The molecule has 1 aliphatic rings. The number of hydrogen-bond donors (Lipinski definition) is 1. The fourth-order valence-electron chi connectivity index (χ4n) is 3.43. The number of carbonyl (C=O) groups excluding carboxylic acids is 1. The number of nitrogens with one attached hydrogen (secondary N) is 1. The van der Waals surface area contributed by atoms with E-state index in [1.807, 2.05) is 0 Å². The molecule has 8 nitrogen and oxygen atoms in total. The van der Waals surface area contributed by atoms with Gasteiger partial charge in [0.15, 0.2) is 0 Å². The second-order valence-electron chi connectivity index (χ2n) is 8.76. The van der Waals surface area contributed by atoms with Crippen LogP contribution in [0.15, 0.2) is 42.5 Å². The second-order valence-corrected chi connectivity index (χ2v) is 8.76. The SMILES string of the molecule is CN1CCC(Oc2ccc(-c3ccc(NC(=O)OC(C)(C)C)cc3)c([N+](=O)[O-])c2)CC1. The molecule has 0 bridgehead atoms. The molecular weight excluding hydrogens is 398 g/mol. The molecule has 31 heavy (non-hydrogen) atoms. The van der Waals surface area contributed by atoms with Crippen LogP contribution in [-0.2, 0) is 4.74 Å². The lowest BCUT2D eigenvalue weighted by atomic mass is 10.0. The Morgan fingerprint density at radius 3 is 2.35 bits per heavy atom.